The zero-order valence-corrected chi connectivity index (χ0v) is 21.9. The van der Waals surface area contributed by atoms with Crippen molar-refractivity contribution in [2.75, 3.05) is 32.1 Å². The number of hydrogen-bond donors (Lipinski definition) is 3. The van der Waals surface area contributed by atoms with Gasteiger partial charge in [0.25, 0.3) is 0 Å². The van der Waals surface area contributed by atoms with E-state index in [2.05, 4.69) is 26.2 Å². The average molecular weight is 517 g/mol. The van der Waals surface area contributed by atoms with Gasteiger partial charge in [-0.1, -0.05) is 6.92 Å². The lowest BCUT2D eigenvalue weighted by Gasteiger charge is -2.34. The minimum absolute atomic E-state index is 0.0116. The fourth-order valence-electron chi connectivity index (χ4n) is 4.04. The third-order valence-corrected chi connectivity index (χ3v) is 6.11. The van der Waals surface area contributed by atoms with Crippen LogP contribution >= 0.6 is 0 Å². The highest BCUT2D eigenvalue weighted by molar-refractivity contribution is 5.91. The molecule has 0 aliphatic carbocycles. The fourth-order valence-corrected chi connectivity index (χ4v) is 4.04. The summed E-state index contributed by atoms with van der Waals surface area (Å²) in [5.74, 6) is -0.141. The number of amides is 4. The van der Waals surface area contributed by atoms with E-state index in [1.807, 2.05) is 20.8 Å². The Balaban J connectivity index is 1.87. The van der Waals surface area contributed by atoms with Crippen molar-refractivity contribution in [1.29, 1.82) is 0 Å². The maximum atomic E-state index is 13.3. The predicted molar refractivity (Wildman–Crippen MR) is 135 cm³/mol. The quantitative estimate of drug-likeness (QED) is 0.458. The van der Waals surface area contributed by atoms with Gasteiger partial charge < -0.3 is 30.3 Å². The Morgan fingerprint density at radius 3 is 2.70 bits per heavy atom. The van der Waals surface area contributed by atoms with Crippen molar-refractivity contribution in [2.45, 2.75) is 58.8 Å². The number of carbonyl (C=O) groups is 3. The SMILES string of the molecule is CC(C)NC(=O)N(C)C[C@@H]1Oc2ccc(NC(=O)Cn3cnnn3)cc2CC(=O)N([C@H](C)CO)C[C@H]1C. The zero-order valence-electron chi connectivity index (χ0n) is 21.9. The number of tetrazole rings is 1. The molecule has 0 saturated carbocycles. The van der Waals surface area contributed by atoms with Crippen LogP contribution in [0.2, 0.25) is 0 Å². The number of nitrogens with one attached hydrogen (secondary N) is 2. The van der Waals surface area contributed by atoms with E-state index in [-0.39, 0.29) is 49.4 Å². The standard InChI is InChI=1S/C24H36N8O5/c1-15(2)26-24(36)30(5)11-21-16(3)10-32(17(4)13-33)23(35)9-18-8-19(6-7-20(18)37-21)27-22(34)12-31-14-25-28-29-31/h6-8,14-17,21,33H,9-13H2,1-5H3,(H,26,36)(H,27,34)/t16-,17-,21+/m1/s1. The van der Waals surface area contributed by atoms with Gasteiger partial charge in [-0.25, -0.2) is 9.48 Å². The third-order valence-electron chi connectivity index (χ3n) is 6.11. The molecular formula is C24H36N8O5. The van der Waals surface area contributed by atoms with Crippen molar-refractivity contribution < 1.29 is 24.2 Å². The molecule has 3 rings (SSSR count). The largest absolute Gasteiger partial charge is 0.488 e. The molecular weight excluding hydrogens is 480 g/mol. The van der Waals surface area contributed by atoms with Gasteiger partial charge in [-0.3, -0.25) is 9.59 Å². The summed E-state index contributed by atoms with van der Waals surface area (Å²) in [5.41, 5.74) is 1.08. The summed E-state index contributed by atoms with van der Waals surface area (Å²) in [5, 5.41) is 26.2. The van der Waals surface area contributed by atoms with Crippen LogP contribution in [0.15, 0.2) is 24.5 Å². The van der Waals surface area contributed by atoms with Gasteiger partial charge in [0.1, 0.15) is 24.7 Å². The molecule has 2 aromatic rings. The van der Waals surface area contributed by atoms with Gasteiger partial charge in [-0.05, 0) is 49.4 Å². The molecule has 202 valence electrons. The minimum atomic E-state index is -0.429. The lowest BCUT2D eigenvalue weighted by atomic mass is 10.0. The Bertz CT molecular complexity index is 1080. The smallest absolute Gasteiger partial charge is 0.317 e. The second kappa shape index (κ2) is 12.5. The van der Waals surface area contributed by atoms with Gasteiger partial charge in [0.15, 0.2) is 0 Å². The number of urea groups is 1. The number of hydrogen-bond acceptors (Lipinski definition) is 8. The highest BCUT2D eigenvalue weighted by atomic mass is 16.5. The summed E-state index contributed by atoms with van der Waals surface area (Å²) in [6.45, 7) is 7.93. The Kier molecular flexibility index (Phi) is 9.39. The maximum absolute atomic E-state index is 13.3. The molecule has 0 spiro atoms. The van der Waals surface area contributed by atoms with E-state index in [1.165, 1.54) is 11.0 Å². The van der Waals surface area contributed by atoms with Crippen molar-refractivity contribution in [2.24, 2.45) is 5.92 Å². The third kappa shape index (κ3) is 7.62. The van der Waals surface area contributed by atoms with Gasteiger partial charge in [0.2, 0.25) is 11.8 Å². The first-order chi connectivity index (χ1) is 17.6. The molecule has 1 aromatic carbocycles. The van der Waals surface area contributed by atoms with E-state index >= 15 is 0 Å². The number of likely N-dealkylation sites (N-methyl/N-ethyl adjacent to an activating group) is 1. The van der Waals surface area contributed by atoms with E-state index in [0.29, 0.717) is 30.1 Å². The lowest BCUT2D eigenvalue weighted by Crippen LogP contribution is -2.49. The predicted octanol–water partition coefficient (Wildman–Crippen LogP) is 0.511. The highest BCUT2D eigenvalue weighted by Crippen LogP contribution is 2.29. The summed E-state index contributed by atoms with van der Waals surface area (Å²) in [4.78, 5) is 41.5. The molecule has 1 aliphatic heterocycles. The van der Waals surface area contributed by atoms with Gasteiger partial charge >= 0.3 is 6.03 Å². The van der Waals surface area contributed by atoms with Gasteiger partial charge in [0, 0.05) is 36.8 Å². The minimum Gasteiger partial charge on any atom is -0.488 e. The first-order valence-electron chi connectivity index (χ1n) is 12.3. The molecule has 1 aliphatic rings. The molecule has 2 heterocycles. The zero-order chi connectivity index (χ0) is 27.1. The van der Waals surface area contributed by atoms with Crippen LogP contribution in [-0.4, -0.2) is 97.9 Å². The number of carbonyl (C=O) groups excluding carboxylic acids is 3. The number of benzene rings is 1. The van der Waals surface area contributed by atoms with Crippen LogP contribution in [0.25, 0.3) is 0 Å². The summed E-state index contributed by atoms with van der Waals surface area (Å²) in [6, 6.07) is 4.50. The van der Waals surface area contributed by atoms with E-state index in [9.17, 15) is 19.5 Å². The summed E-state index contributed by atoms with van der Waals surface area (Å²) in [6.07, 6.45) is 0.938. The highest BCUT2D eigenvalue weighted by Gasteiger charge is 2.32. The Labute approximate surface area is 216 Å². The van der Waals surface area contributed by atoms with Crippen LogP contribution in [0.3, 0.4) is 0 Å². The van der Waals surface area contributed by atoms with Crippen molar-refractivity contribution in [3.8, 4) is 5.75 Å². The summed E-state index contributed by atoms with van der Waals surface area (Å²) >= 11 is 0. The molecule has 13 heteroatoms. The van der Waals surface area contributed by atoms with Crippen molar-refractivity contribution in [3.63, 3.8) is 0 Å². The van der Waals surface area contributed by atoms with Crippen molar-refractivity contribution >= 4 is 23.5 Å². The molecule has 0 fully saturated rings. The molecule has 13 nitrogen and oxygen atoms in total. The first-order valence-corrected chi connectivity index (χ1v) is 12.3. The average Bonchev–Trinajstić information content (AvgIpc) is 3.35. The molecule has 4 amide bonds. The molecule has 37 heavy (non-hydrogen) atoms. The number of aliphatic hydroxyl groups is 1. The number of aliphatic hydroxyl groups excluding tert-OH is 1. The molecule has 0 unspecified atom stereocenters. The van der Waals surface area contributed by atoms with Crippen LogP contribution in [0.5, 0.6) is 5.75 Å². The Morgan fingerprint density at radius 2 is 2.05 bits per heavy atom. The van der Waals surface area contributed by atoms with Gasteiger partial charge in [-0.2, -0.15) is 0 Å². The van der Waals surface area contributed by atoms with Crippen LogP contribution < -0.4 is 15.4 Å². The number of nitrogens with zero attached hydrogens (tertiary/aromatic N) is 6. The molecule has 0 saturated heterocycles. The van der Waals surface area contributed by atoms with E-state index in [0.717, 1.165) is 0 Å². The van der Waals surface area contributed by atoms with E-state index in [4.69, 9.17) is 4.74 Å². The number of anilines is 1. The molecule has 3 N–H and O–H groups in total. The lowest BCUT2D eigenvalue weighted by molar-refractivity contribution is -0.134. The molecule has 3 atom stereocenters. The molecule has 0 bridgehead atoms. The second-order valence-electron chi connectivity index (χ2n) is 9.75. The first kappa shape index (κ1) is 27.8. The summed E-state index contributed by atoms with van der Waals surface area (Å²) in [7, 11) is 1.70. The van der Waals surface area contributed by atoms with E-state index in [1.54, 1.807) is 42.0 Å². The Hall–Kier alpha value is -3.74. The number of aromatic nitrogens is 4. The monoisotopic (exact) mass is 516 g/mol. The topological polar surface area (TPSA) is 155 Å². The second-order valence-corrected chi connectivity index (χ2v) is 9.75. The number of ether oxygens (including phenoxy) is 1. The Morgan fingerprint density at radius 1 is 1.30 bits per heavy atom. The van der Waals surface area contributed by atoms with Crippen LogP contribution in [0.1, 0.15) is 33.3 Å². The van der Waals surface area contributed by atoms with Crippen molar-refractivity contribution in [1.82, 2.24) is 35.3 Å². The van der Waals surface area contributed by atoms with Crippen LogP contribution in [0, 0.1) is 5.92 Å². The maximum Gasteiger partial charge on any atom is 0.317 e. The normalized spacial score (nSPS) is 18.7. The van der Waals surface area contributed by atoms with Gasteiger partial charge in [-0.15, -0.1) is 5.10 Å². The van der Waals surface area contributed by atoms with Crippen LogP contribution in [0.4, 0.5) is 10.5 Å². The molecule has 0 radical (unpaired) electrons. The number of fused-ring (bicyclic) bond motifs is 1. The summed E-state index contributed by atoms with van der Waals surface area (Å²) < 4.78 is 7.70. The van der Waals surface area contributed by atoms with Crippen LogP contribution in [-0.2, 0) is 22.6 Å². The fraction of sp³-hybridized carbons (Fsp3) is 0.583. The van der Waals surface area contributed by atoms with Gasteiger partial charge in [0.05, 0.1) is 25.6 Å². The van der Waals surface area contributed by atoms with E-state index < -0.39 is 12.1 Å². The number of rotatable bonds is 8. The van der Waals surface area contributed by atoms with Crippen molar-refractivity contribution in [3.05, 3.63) is 30.1 Å². The molecule has 1 aromatic heterocycles.